The zero-order chi connectivity index (χ0) is 13.8. The van der Waals surface area contributed by atoms with Gasteiger partial charge < -0.3 is 14.5 Å². The molecule has 2 amide bonds. The molecule has 2 aliphatic rings. The molecule has 0 aliphatic carbocycles. The third kappa shape index (κ3) is 2.91. The Morgan fingerprint density at radius 1 is 1.26 bits per heavy atom. The lowest BCUT2D eigenvalue weighted by molar-refractivity contribution is -0.158. The van der Waals surface area contributed by atoms with Crippen LogP contribution in [0.1, 0.15) is 39.5 Å². The van der Waals surface area contributed by atoms with Crippen LogP contribution >= 0.6 is 0 Å². The van der Waals surface area contributed by atoms with Crippen LogP contribution in [-0.2, 0) is 14.3 Å². The number of nitrogens with zero attached hydrogens (tertiary/aromatic N) is 2. The largest absolute Gasteiger partial charge is 0.381 e. The van der Waals surface area contributed by atoms with Gasteiger partial charge in [-0.3, -0.25) is 9.59 Å². The van der Waals surface area contributed by atoms with Gasteiger partial charge in [0.25, 0.3) is 0 Å². The third-order valence-corrected chi connectivity index (χ3v) is 3.97. The van der Waals surface area contributed by atoms with Crippen LogP contribution in [-0.4, -0.2) is 60.0 Å². The molecule has 0 aromatic heterocycles. The van der Waals surface area contributed by atoms with Crippen LogP contribution in [0, 0.1) is 0 Å². The van der Waals surface area contributed by atoms with E-state index in [0.717, 1.165) is 38.8 Å². The van der Waals surface area contributed by atoms with Crippen molar-refractivity contribution in [3.63, 3.8) is 0 Å². The quantitative estimate of drug-likeness (QED) is 0.676. The van der Waals surface area contributed by atoms with Crippen molar-refractivity contribution in [2.75, 3.05) is 26.3 Å². The summed E-state index contributed by atoms with van der Waals surface area (Å²) < 4.78 is 5.42. The molecule has 5 nitrogen and oxygen atoms in total. The van der Waals surface area contributed by atoms with Gasteiger partial charge >= 0.3 is 0 Å². The second kappa shape index (κ2) is 6.37. The average Bonchev–Trinajstić information content (AvgIpc) is 2.89. The first kappa shape index (κ1) is 14.3. The summed E-state index contributed by atoms with van der Waals surface area (Å²) in [5.41, 5.74) is 0. The molecule has 2 saturated heterocycles. The van der Waals surface area contributed by atoms with Crippen molar-refractivity contribution in [3.8, 4) is 0 Å². The molecule has 5 heteroatoms. The van der Waals surface area contributed by atoms with E-state index in [1.54, 1.807) is 9.80 Å². The van der Waals surface area contributed by atoms with Gasteiger partial charge in [-0.1, -0.05) is 6.92 Å². The highest BCUT2D eigenvalue weighted by molar-refractivity contribution is 5.97. The number of piperazine rings is 1. The number of carbonyl (C=O) groups excluding carboxylic acids is 2. The topological polar surface area (TPSA) is 49.9 Å². The Bertz CT molecular complexity index is 346. The Kier molecular flexibility index (Phi) is 4.80. The normalized spacial score (nSPS) is 27.1. The van der Waals surface area contributed by atoms with Crippen molar-refractivity contribution in [3.05, 3.63) is 0 Å². The Balaban J connectivity index is 1.88. The molecule has 2 unspecified atom stereocenters. The SMILES string of the molecule is CCCOCCCN1C(=O)C2CCCN2C(=O)C1C. The maximum Gasteiger partial charge on any atom is 0.246 e. The van der Waals surface area contributed by atoms with Gasteiger partial charge in [-0.2, -0.15) is 0 Å². The minimum Gasteiger partial charge on any atom is -0.381 e. The maximum absolute atomic E-state index is 12.4. The summed E-state index contributed by atoms with van der Waals surface area (Å²) in [5.74, 6) is 0.233. The highest BCUT2D eigenvalue weighted by Gasteiger charge is 2.45. The van der Waals surface area contributed by atoms with E-state index >= 15 is 0 Å². The van der Waals surface area contributed by atoms with Gasteiger partial charge in [-0.15, -0.1) is 0 Å². The highest BCUT2D eigenvalue weighted by atomic mass is 16.5. The van der Waals surface area contributed by atoms with Crippen LogP contribution in [0.15, 0.2) is 0 Å². The first-order chi connectivity index (χ1) is 9.16. The lowest BCUT2D eigenvalue weighted by atomic mass is 10.1. The molecule has 2 fully saturated rings. The van der Waals surface area contributed by atoms with E-state index in [2.05, 4.69) is 6.92 Å². The fourth-order valence-electron chi connectivity index (χ4n) is 2.93. The van der Waals surface area contributed by atoms with Gasteiger partial charge in [0.1, 0.15) is 12.1 Å². The number of ether oxygens (including phenoxy) is 1. The monoisotopic (exact) mass is 268 g/mol. The van der Waals surface area contributed by atoms with Crippen molar-refractivity contribution in [1.29, 1.82) is 0 Å². The molecule has 0 aromatic carbocycles. The number of fused-ring (bicyclic) bond motifs is 1. The van der Waals surface area contributed by atoms with E-state index in [0.29, 0.717) is 13.2 Å². The van der Waals surface area contributed by atoms with Crippen LogP contribution in [0.5, 0.6) is 0 Å². The molecule has 0 bridgehead atoms. The number of carbonyl (C=O) groups is 2. The predicted molar refractivity (Wildman–Crippen MR) is 71.6 cm³/mol. The van der Waals surface area contributed by atoms with Crippen LogP contribution in [0.25, 0.3) is 0 Å². The van der Waals surface area contributed by atoms with E-state index in [1.165, 1.54) is 0 Å². The van der Waals surface area contributed by atoms with Gasteiger partial charge in [0.2, 0.25) is 11.8 Å². The molecular weight excluding hydrogens is 244 g/mol. The van der Waals surface area contributed by atoms with Crippen molar-refractivity contribution in [2.45, 2.75) is 51.6 Å². The molecule has 0 radical (unpaired) electrons. The van der Waals surface area contributed by atoms with E-state index < -0.39 is 0 Å². The second-order valence-electron chi connectivity index (χ2n) is 5.36. The van der Waals surface area contributed by atoms with Gasteiger partial charge in [-0.25, -0.2) is 0 Å². The molecule has 0 N–H and O–H groups in total. The van der Waals surface area contributed by atoms with E-state index in [4.69, 9.17) is 4.74 Å². The fourth-order valence-corrected chi connectivity index (χ4v) is 2.93. The van der Waals surface area contributed by atoms with Crippen LogP contribution in [0.4, 0.5) is 0 Å². The fraction of sp³-hybridized carbons (Fsp3) is 0.857. The van der Waals surface area contributed by atoms with E-state index in [9.17, 15) is 9.59 Å². The van der Waals surface area contributed by atoms with Gasteiger partial charge in [0.05, 0.1) is 0 Å². The summed E-state index contributed by atoms with van der Waals surface area (Å²) in [6, 6.07) is -0.506. The minimum absolute atomic E-state index is 0.108. The first-order valence-corrected chi connectivity index (χ1v) is 7.35. The van der Waals surface area contributed by atoms with Crippen molar-refractivity contribution < 1.29 is 14.3 Å². The summed E-state index contributed by atoms with van der Waals surface area (Å²) in [4.78, 5) is 28.1. The van der Waals surface area contributed by atoms with Crippen LogP contribution in [0.3, 0.4) is 0 Å². The van der Waals surface area contributed by atoms with E-state index in [1.807, 2.05) is 6.92 Å². The average molecular weight is 268 g/mol. The zero-order valence-corrected chi connectivity index (χ0v) is 11.9. The summed E-state index contributed by atoms with van der Waals surface area (Å²) in [5, 5.41) is 0. The van der Waals surface area contributed by atoms with Crippen molar-refractivity contribution in [1.82, 2.24) is 9.80 Å². The molecule has 0 spiro atoms. The van der Waals surface area contributed by atoms with Crippen LogP contribution < -0.4 is 0 Å². The maximum atomic E-state index is 12.4. The Labute approximate surface area is 114 Å². The smallest absolute Gasteiger partial charge is 0.246 e. The Hall–Kier alpha value is -1.10. The molecule has 2 rings (SSSR count). The molecule has 108 valence electrons. The first-order valence-electron chi connectivity index (χ1n) is 7.35. The molecule has 2 aliphatic heterocycles. The van der Waals surface area contributed by atoms with E-state index in [-0.39, 0.29) is 23.9 Å². The predicted octanol–water partition coefficient (Wildman–Crippen LogP) is 1.02. The zero-order valence-electron chi connectivity index (χ0n) is 11.9. The number of amides is 2. The summed E-state index contributed by atoms with van der Waals surface area (Å²) >= 11 is 0. The Morgan fingerprint density at radius 3 is 2.79 bits per heavy atom. The number of hydrogen-bond acceptors (Lipinski definition) is 3. The molecule has 0 saturated carbocycles. The molecule has 0 aromatic rings. The third-order valence-electron chi connectivity index (χ3n) is 3.97. The molecule has 2 heterocycles. The van der Waals surface area contributed by atoms with Gasteiger partial charge in [-0.05, 0) is 32.6 Å². The van der Waals surface area contributed by atoms with Gasteiger partial charge in [0.15, 0.2) is 0 Å². The molecule has 2 atom stereocenters. The van der Waals surface area contributed by atoms with Crippen LogP contribution in [0.2, 0.25) is 0 Å². The van der Waals surface area contributed by atoms with Crippen molar-refractivity contribution >= 4 is 11.8 Å². The Morgan fingerprint density at radius 2 is 2.05 bits per heavy atom. The molecular formula is C14H24N2O3. The van der Waals surface area contributed by atoms with Crippen molar-refractivity contribution in [2.24, 2.45) is 0 Å². The number of hydrogen-bond donors (Lipinski definition) is 0. The van der Waals surface area contributed by atoms with Gasteiger partial charge in [0, 0.05) is 26.3 Å². The lowest BCUT2D eigenvalue weighted by Gasteiger charge is -2.41. The minimum atomic E-state index is -0.312. The second-order valence-corrected chi connectivity index (χ2v) is 5.36. The standard InChI is InChI=1S/C14H24N2O3/c1-3-9-19-10-5-8-15-11(2)13(17)16-7-4-6-12(16)14(15)18/h11-12H,3-10H2,1-2H3. The molecule has 19 heavy (non-hydrogen) atoms. The highest BCUT2D eigenvalue weighted by Crippen LogP contribution is 2.26. The lowest BCUT2D eigenvalue weighted by Crippen LogP contribution is -2.61. The number of rotatable bonds is 6. The summed E-state index contributed by atoms with van der Waals surface area (Å²) in [6.45, 7) is 6.70. The summed E-state index contributed by atoms with van der Waals surface area (Å²) in [7, 11) is 0. The summed E-state index contributed by atoms with van der Waals surface area (Å²) in [6.07, 6.45) is 3.58.